The zero-order valence-corrected chi connectivity index (χ0v) is 15.4. The van der Waals surface area contributed by atoms with E-state index in [0.29, 0.717) is 22.0 Å². The summed E-state index contributed by atoms with van der Waals surface area (Å²) < 4.78 is 16.3. The quantitative estimate of drug-likeness (QED) is 0.781. The number of nitrogens with one attached hydrogen (secondary N) is 1. The van der Waals surface area contributed by atoms with Crippen LogP contribution in [0.5, 0.6) is 0 Å². The highest BCUT2D eigenvalue weighted by Crippen LogP contribution is 2.19. The van der Waals surface area contributed by atoms with Crippen LogP contribution in [0.3, 0.4) is 0 Å². The van der Waals surface area contributed by atoms with Crippen molar-refractivity contribution in [2.75, 3.05) is 18.2 Å². The number of halogens is 1. The second-order valence-corrected chi connectivity index (χ2v) is 7.35. The molecule has 2 aromatic carbocycles. The molecule has 2 rings (SSSR count). The number of rotatable bonds is 6. The minimum Gasteiger partial charge on any atom is -0.452 e. The molecule has 7 heteroatoms. The number of anilines is 1. The van der Waals surface area contributed by atoms with Gasteiger partial charge >= 0.3 is 5.97 Å². The third-order valence-corrected chi connectivity index (χ3v) is 4.47. The Labute approximate surface area is 153 Å². The standard InChI is InChI=1S/C18H18ClNO4S/c1-12-6-7-15(9-16(12)19)20-17(21)10-24-18(22)14-5-3-4-13(8-14)11-25(2)23/h3-9H,10-11H2,1-2H3,(H,20,21). The molecular weight excluding hydrogens is 362 g/mol. The van der Waals surface area contributed by atoms with E-state index in [1.54, 1.807) is 48.7 Å². The maximum atomic E-state index is 12.0. The van der Waals surface area contributed by atoms with Crippen molar-refractivity contribution in [2.45, 2.75) is 12.7 Å². The topological polar surface area (TPSA) is 72.5 Å². The van der Waals surface area contributed by atoms with Crippen molar-refractivity contribution in [3.05, 3.63) is 64.2 Å². The van der Waals surface area contributed by atoms with Crippen LogP contribution in [0, 0.1) is 6.92 Å². The third-order valence-electron chi connectivity index (χ3n) is 3.32. The lowest BCUT2D eigenvalue weighted by Crippen LogP contribution is -2.21. The number of hydrogen-bond acceptors (Lipinski definition) is 4. The fourth-order valence-electron chi connectivity index (χ4n) is 2.10. The Kier molecular flexibility index (Phi) is 6.73. The first-order valence-corrected chi connectivity index (χ1v) is 9.58. The van der Waals surface area contributed by atoms with E-state index in [0.717, 1.165) is 11.1 Å². The van der Waals surface area contributed by atoms with Gasteiger partial charge in [0.25, 0.3) is 5.91 Å². The molecule has 0 aliphatic heterocycles. The van der Waals surface area contributed by atoms with Crippen LogP contribution in [0.2, 0.25) is 5.02 Å². The number of aryl methyl sites for hydroxylation is 1. The van der Waals surface area contributed by atoms with Gasteiger partial charge in [0.15, 0.2) is 6.61 Å². The molecule has 2 aromatic rings. The Balaban J connectivity index is 1.91. The van der Waals surface area contributed by atoms with Gasteiger partial charge in [0.1, 0.15) is 0 Å². The molecule has 0 spiro atoms. The van der Waals surface area contributed by atoms with Gasteiger partial charge in [-0.1, -0.05) is 29.8 Å². The molecule has 0 radical (unpaired) electrons. The normalized spacial score (nSPS) is 11.6. The number of hydrogen-bond donors (Lipinski definition) is 1. The molecule has 25 heavy (non-hydrogen) atoms. The highest BCUT2D eigenvalue weighted by molar-refractivity contribution is 7.83. The van der Waals surface area contributed by atoms with Crippen molar-refractivity contribution in [3.63, 3.8) is 0 Å². The van der Waals surface area contributed by atoms with Gasteiger partial charge in [-0.25, -0.2) is 4.79 Å². The van der Waals surface area contributed by atoms with Gasteiger partial charge in [0.05, 0.1) is 5.56 Å². The van der Waals surface area contributed by atoms with Gasteiger partial charge in [-0.05, 0) is 42.3 Å². The molecule has 0 aromatic heterocycles. The summed E-state index contributed by atoms with van der Waals surface area (Å²) >= 11 is 6.00. The van der Waals surface area contributed by atoms with Crippen LogP contribution in [0.25, 0.3) is 0 Å². The Bertz CT molecular complexity index is 822. The zero-order chi connectivity index (χ0) is 18.4. The summed E-state index contributed by atoms with van der Waals surface area (Å²) in [5.41, 5.74) is 2.52. The predicted molar refractivity (Wildman–Crippen MR) is 99.3 cm³/mol. The SMILES string of the molecule is Cc1ccc(NC(=O)COC(=O)c2cccc(CS(C)=O)c2)cc1Cl. The highest BCUT2D eigenvalue weighted by Gasteiger charge is 2.11. The van der Waals surface area contributed by atoms with Gasteiger partial charge in [-0.2, -0.15) is 0 Å². The number of carbonyl (C=O) groups is 2. The second kappa shape index (κ2) is 8.78. The molecule has 0 saturated carbocycles. The van der Waals surface area contributed by atoms with Crippen LogP contribution in [0.15, 0.2) is 42.5 Å². The van der Waals surface area contributed by atoms with Gasteiger partial charge in [0.2, 0.25) is 0 Å². The van der Waals surface area contributed by atoms with Crippen LogP contribution in [0.4, 0.5) is 5.69 Å². The van der Waals surface area contributed by atoms with Crippen molar-refractivity contribution in [1.82, 2.24) is 0 Å². The molecule has 0 bridgehead atoms. The molecule has 1 N–H and O–H groups in total. The molecule has 5 nitrogen and oxygen atoms in total. The fourth-order valence-corrected chi connectivity index (χ4v) is 2.93. The van der Waals surface area contributed by atoms with Crippen LogP contribution in [-0.4, -0.2) is 28.9 Å². The number of esters is 1. The van der Waals surface area contributed by atoms with E-state index in [1.807, 2.05) is 6.92 Å². The molecule has 0 aliphatic carbocycles. The van der Waals surface area contributed by atoms with Crippen molar-refractivity contribution in [2.24, 2.45) is 0 Å². The lowest BCUT2D eigenvalue weighted by Gasteiger charge is -2.08. The first-order valence-electron chi connectivity index (χ1n) is 7.47. The van der Waals surface area contributed by atoms with E-state index in [4.69, 9.17) is 16.3 Å². The summed E-state index contributed by atoms with van der Waals surface area (Å²) in [7, 11) is -1.00. The average molecular weight is 380 g/mol. The molecule has 0 saturated heterocycles. The summed E-state index contributed by atoms with van der Waals surface area (Å²) in [6.45, 7) is 1.45. The molecule has 1 amide bonds. The van der Waals surface area contributed by atoms with E-state index in [2.05, 4.69) is 5.32 Å². The minimum atomic E-state index is -1.00. The van der Waals surface area contributed by atoms with Crippen LogP contribution in [-0.2, 0) is 26.1 Å². The first-order chi connectivity index (χ1) is 11.8. The Hall–Kier alpha value is -2.18. The van der Waals surface area contributed by atoms with E-state index in [1.165, 1.54) is 0 Å². The van der Waals surface area contributed by atoms with Crippen molar-refractivity contribution < 1.29 is 18.5 Å². The molecule has 0 aliphatic rings. The second-order valence-electron chi connectivity index (χ2n) is 5.51. The van der Waals surface area contributed by atoms with Crippen molar-refractivity contribution >= 4 is 40.0 Å². The van der Waals surface area contributed by atoms with Crippen molar-refractivity contribution in [3.8, 4) is 0 Å². The summed E-state index contributed by atoms with van der Waals surface area (Å²) in [5, 5.41) is 3.16. The molecule has 132 valence electrons. The van der Waals surface area contributed by atoms with Gasteiger partial charge < -0.3 is 10.1 Å². The molecule has 1 unspecified atom stereocenters. The molecule has 0 heterocycles. The van der Waals surface area contributed by atoms with Crippen molar-refractivity contribution in [1.29, 1.82) is 0 Å². The monoisotopic (exact) mass is 379 g/mol. The zero-order valence-electron chi connectivity index (χ0n) is 13.9. The molecule has 0 fully saturated rings. The summed E-state index contributed by atoms with van der Waals surface area (Å²) in [5.74, 6) is -0.713. The molecular formula is C18H18ClNO4S. The Morgan fingerprint density at radius 1 is 1.20 bits per heavy atom. The van der Waals surface area contributed by atoms with Gasteiger partial charge in [-0.15, -0.1) is 0 Å². The lowest BCUT2D eigenvalue weighted by molar-refractivity contribution is -0.119. The summed E-state index contributed by atoms with van der Waals surface area (Å²) in [6.07, 6.45) is 1.59. The van der Waals surface area contributed by atoms with Crippen LogP contribution < -0.4 is 5.32 Å². The largest absolute Gasteiger partial charge is 0.452 e. The van der Waals surface area contributed by atoms with Crippen LogP contribution in [0.1, 0.15) is 21.5 Å². The van der Waals surface area contributed by atoms with E-state index >= 15 is 0 Å². The number of carbonyl (C=O) groups excluding carboxylic acids is 2. The summed E-state index contributed by atoms with van der Waals surface area (Å²) in [6, 6.07) is 11.8. The fraction of sp³-hybridized carbons (Fsp3) is 0.222. The number of amides is 1. The Morgan fingerprint density at radius 2 is 1.96 bits per heavy atom. The smallest absolute Gasteiger partial charge is 0.338 e. The average Bonchev–Trinajstić information content (AvgIpc) is 2.55. The minimum absolute atomic E-state index is 0.314. The number of ether oxygens (including phenoxy) is 1. The van der Waals surface area contributed by atoms with Gasteiger partial charge in [-0.3, -0.25) is 9.00 Å². The van der Waals surface area contributed by atoms with Crippen LogP contribution >= 0.6 is 11.6 Å². The predicted octanol–water partition coefficient (Wildman–Crippen LogP) is 3.32. The highest BCUT2D eigenvalue weighted by atomic mass is 35.5. The van der Waals surface area contributed by atoms with Gasteiger partial charge in [0, 0.05) is 33.5 Å². The maximum absolute atomic E-state index is 12.0. The Morgan fingerprint density at radius 3 is 2.64 bits per heavy atom. The first kappa shape index (κ1) is 19.1. The van der Waals surface area contributed by atoms with E-state index in [-0.39, 0.29) is 0 Å². The molecule has 1 atom stereocenters. The third kappa shape index (κ3) is 5.99. The lowest BCUT2D eigenvalue weighted by atomic mass is 10.1. The summed E-state index contributed by atoms with van der Waals surface area (Å²) in [4.78, 5) is 23.9. The maximum Gasteiger partial charge on any atom is 0.338 e. The number of benzene rings is 2. The van der Waals surface area contributed by atoms with E-state index in [9.17, 15) is 13.8 Å². The van der Waals surface area contributed by atoms with E-state index < -0.39 is 29.3 Å².